The summed E-state index contributed by atoms with van der Waals surface area (Å²) >= 11 is 0. The maximum absolute atomic E-state index is 12.2. The molecule has 0 fully saturated rings. The van der Waals surface area contributed by atoms with Crippen LogP contribution in [0.3, 0.4) is 0 Å². The monoisotopic (exact) mass is 385 g/mol. The number of sulfone groups is 1. The van der Waals surface area contributed by atoms with Gasteiger partial charge in [-0.25, -0.2) is 8.42 Å². The van der Waals surface area contributed by atoms with E-state index in [1.807, 2.05) is 24.3 Å². The molecule has 0 aliphatic carbocycles. The molecule has 144 valence electrons. The molecule has 0 aliphatic rings. The number of carbonyl (C=O) groups is 1. The summed E-state index contributed by atoms with van der Waals surface area (Å²) in [6.45, 7) is 6.91. The van der Waals surface area contributed by atoms with Gasteiger partial charge in [0.1, 0.15) is 0 Å². The maximum atomic E-state index is 12.2. The summed E-state index contributed by atoms with van der Waals surface area (Å²) in [5, 5.41) is 2.89. The van der Waals surface area contributed by atoms with Gasteiger partial charge in [0.05, 0.1) is 4.90 Å². The average molecular weight is 386 g/mol. The Morgan fingerprint density at radius 2 is 1.59 bits per heavy atom. The van der Waals surface area contributed by atoms with Crippen LogP contribution in [0, 0.1) is 5.41 Å². The van der Waals surface area contributed by atoms with E-state index in [1.165, 1.54) is 6.26 Å². The summed E-state index contributed by atoms with van der Waals surface area (Å²) in [5.74, 6) is -0.117. The van der Waals surface area contributed by atoms with E-state index in [9.17, 15) is 13.2 Å². The van der Waals surface area contributed by atoms with Crippen molar-refractivity contribution in [3.63, 3.8) is 0 Å². The van der Waals surface area contributed by atoms with E-state index in [4.69, 9.17) is 0 Å². The number of carbonyl (C=O) groups excluding carboxylic acids is 1. The van der Waals surface area contributed by atoms with Crippen LogP contribution in [0.4, 0.5) is 0 Å². The molecule has 2 aromatic rings. The highest BCUT2D eigenvalue weighted by Crippen LogP contribution is 2.17. The lowest BCUT2D eigenvalue weighted by Gasteiger charge is -2.11. The molecule has 0 heterocycles. The highest BCUT2D eigenvalue weighted by molar-refractivity contribution is 7.90. The van der Waals surface area contributed by atoms with Crippen LogP contribution in [-0.4, -0.2) is 27.1 Å². The molecule has 0 unspecified atom stereocenters. The normalized spacial score (nSPS) is 12.3. The summed E-state index contributed by atoms with van der Waals surface area (Å²) in [6, 6.07) is 14.2. The topological polar surface area (TPSA) is 63.2 Å². The van der Waals surface area contributed by atoms with Gasteiger partial charge in [-0.2, -0.15) is 0 Å². The van der Waals surface area contributed by atoms with Gasteiger partial charge in [0, 0.05) is 18.4 Å². The SMILES string of the molecule is CC(C)(C)C=Cc1ccc(C(=O)NCCc2ccc(S(C)(=O)=O)cc2)cc1. The lowest BCUT2D eigenvalue weighted by molar-refractivity contribution is 0.0954. The van der Waals surface area contributed by atoms with Crippen LogP contribution >= 0.6 is 0 Å². The predicted octanol–water partition coefficient (Wildman–Crippen LogP) is 4.12. The van der Waals surface area contributed by atoms with Crippen molar-refractivity contribution in [1.82, 2.24) is 5.32 Å². The van der Waals surface area contributed by atoms with Crippen LogP contribution in [0.2, 0.25) is 0 Å². The van der Waals surface area contributed by atoms with Crippen LogP contribution in [0.1, 0.15) is 42.3 Å². The molecule has 4 nitrogen and oxygen atoms in total. The standard InChI is InChI=1S/C22H27NO3S/c1-22(2,3)15-13-17-5-9-19(10-6-17)21(24)23-16-14-18-7-11-20(12-8-18)27(4,25)26/h5-13,15H,14,16H2,1-4H3,(H,23,24). The van der Waals surface area contributed by atoms with E-state index < -0.39 is 9.84 Å². The first kappa shape index (κ1) is 20.9. The Labute approximate surface area is 162 Å². The van der Waals surface area contributed by atoms with Gasteiger partial charge in [-0.1, -0.05) is 57.2 Å². The Morgan fingerprint density at radius 1 is 1.00 bits per heavy atom. The molecule has 2 rings (SSSR count). The van der Waals surface area contributed by atoms with Crippen molar-refractivity contribution in [1.29, 1.82) is 0 Å². The summed E-state index contributed by atoms with van der Waals surface area (Å²) in [4.78, 5) is 12.5. The van der Waals surface area contributed by atoms with E-state index in [1.54, 1.807) is 24.3 Å². The van der Waals surface area contributed by atoms with Crippen molar-refractivity contribution in [2.75, 3.05) is 12.8 Å². The summed E-state index contributed by atoms with van der Waals surface area (Å²) in [6.07, 6.45) is 6.02. The molecule has 0 atom stereocenters. The Balaban J connectivity index is 1.88. The number of amides is 1. The second kappa shape index (κ2) is 8.53. The Bertz CT molecular complexity index is 904. The molecule has 2 aromatic carbocycles. The largest absolute Gasteiger partial charge is 0.352 e. The van der Waals surface area contributed by atoms with Gasteiger partial charge >= 0.3 is 0 Å². The van der Waals surface area contributed by atoms with Crippen LogP contribution < -0.4 is 5.32 Å². The minimum Gasteiger partial charge on any atom is -0.352 e. The molecule has 0 aliphatic heterocycles. The third kappa shape index (κ3) is 7.02. The first-order valence-corrected chi connectivity index (χ1v) is 10.8. The van der Waals surface area contributed by atoms with Crippen molar-refractivity contribution < 1.29 is 13.2 Å². The molecule has 0 aromatic heterocycles. The number of rotatable bonds is 6. The van der Waals surface area contributed by atoms with Crippen molar-refractivity contribution in [2.45, 2.75) is 32.1 Å². The maximum Gasteiger partial charge on any atom is 0.251 e. The van der Waals surface area contributed by atoms with Crippen LogP contribution in [-0.2, 0) is 16.3 Å². The summed E-state index contributed by atoms with van der Waals surface area (Å²) in [7, 11) is -3.18. The Hall–Kier alpha value is -2.40. The van der Waals surface area contributed by atoms with Gasteiger partial charge in [0.15, 0.2) is 9.84 Å². The van der Waals surface area contributed by atoms with E-state index in [0.717, 1.165) is 11.1 Å². The third-order valence-corrected chi connectivity index (χ3v) is 5.13. The quantitative estimate of drug-likeness (QED) is 0.813. The molecule has 1 amide bonds. The summed E-state index contributed by atoms with van der Waals surface area (Å²) < 4.78 is 22.9. The first-order valence-electron chi connectivity index (χ1n) is 8.91. The fourth-order valence-electron chi connectivity index (χ4n) is 2.42. The van der Waals surface area contributed by atoms with Crippen LogP contribution in [0.5, 0.6) is 0 Å². The van der Waals surface area contributed by atoms with Gasteiger partial charge < -0.3 is 5.32 Å². The number of allylic oxidation sites excluding steroid dienone is 1. The predicted molar refractivity (Wildman–Crippen MR) is 111 cm³/mol. The molecular formula is C22H27NO3S. The van der Waals surface area contributed by atoms with Crippen LogP contribution in [0.15, 0.2) is 59.5 Å². The Kier molecular flexibility index (Phi) is 6.60. The van der Waals surface area contributed by atoms with Gasteiger partial charge in [0.2, 0.25) is 0 Å². The molecule has 0 bridgehead atoms. The fourth-order valence-corrected chi connectivity index (χ4v) is 3.05. The molecule has 0 spiro atoms. The van der Waals surface area contributed by atoms with Crippen LogP contribution in [0.25, 0.3) is 6.08 Å². The lowest BCUT2D eigenvalue weighted by atomic mass is 9.95. The van der Waals surface area contributed by atoms with Gasteiger partial charge in [-0.05, 0) is 47.2 Å². The molecule has 0 saturated heterocycles. The second-order valence-electron chi connectivity index (χ2n) is 7.74. The third-order valence-electron chi connectivity index (χ3n) is 4.00. The molecule has 0 saturated carbocycles. The van der Waals surface area contributed by atoms with Gasteiger partial charge in [-0.3, -0.25) is 4.79 Å². The van der Waals surface area contributed by atoms with E-state index in [2.05, 4.69) is 38.2 Å². The molecule has 27 heavy (non-hydrogen) atoms. The average Bonchev–Trinajstić information content (AvgIpc) is 2.59. The van der Waals surface area contributed by atoms with Crippen molar-refractivity contribution >= 4 is 21.8 Å². The minimum absolute atomic E-state index is 0.117. The number of hydrogen-bond acceptors (Lipinski definition) is 3. The Morgan fingerprint density at radius 3 is 2.11 bits per heavy atom. The highest BCUT2D eigenvalue weighted by Gasteiger charge is 2.08. The van der Waals surface area contributed by atoms with E-state index in [0.29, 0.717) is 23.4 Å². The molecule has 0 radical (unpaired) electrons. The van der Waals surface area contributed by atoms with Crippen molar-refractivity contribution in [2.24, 2.45) is 5.41 Å². The zero-order chi connectivity index (χ0) is 20.1. The molecular weight excluding hydrogens is 358 g/mol. The molecule has 1 N–H and O–H groups in total. The smallest absolute Gasteiger partial charge is 0.251 e. The fraction of sp³-hybridized carbons (Fsp3) is 0.318. The zero-order valence-electron chi connectivity index (χ0n) is 16.3. The van der Waals surface area contributed by atoms with Crippen molar-refractivity contribution in [3.8, 4) is 0 Å². The number of benzene rings is 2. The number of hydrogen-bond donors (Lipinski definition) is 1. The van der Waals surface area contributed by atoms with Gasteiger partial charge in [-0.15, -0.1) is 0 Å². The molecule has 5 heteroatoms. The lowest BCUT2D eigenvalue weighted by Crippen LogP contribution is -2.25. The minimum atomic E-state index is -3.18. The second-order valence-corrected chi connectivity index (χ2v) is 9.76. The number of nitrogens with one attached hydrogen (secondary N) is 1. The highest BCUT2D eigenvalue weighted by atomic mass is 32.2. The summed E-state index contributed by atoms with van der Waals surface area (Å²) in [5.41, 5.74) is 2.78. The van der Waals surface area contributed by atoms with E-state index in [-0.39, 0.29) is 11.3 Å². The first-order chi connectivity index (χ1) is 12.5. The van der Waals surface area contributed by atoms with Crippen molar-refractivity contribution in [3.05, 3.63) is 71.3 Å². The van der Waals surface area contributed by atoms with Gasteiger partial charge in [0.25, 0.3) is 5.91 Å². The zero-order valence-corrected chi connectivity index (χ0v) is 17.1. The van der Waals surface area contributed by atoms with E-state index >= 15 is 0 Å².